The van der Waals surface area contributed by atoms with Crippen molar-refractivity contribution in [3.8, 4) is 11.4 Å². The van der Waals surface area contributed by atoms with Gasteiger partial charge in [-0.2, -0.15) is 0 Å². The zero-order chi connectivity index (χ0) is 15.2. The van der Waals surface area contributed by atoms with Crippen LogP contribution in [0.4, 0.5) is 10.1 Å². The fourth-order valence-corrected chi connectivity index (χ4v) is 1.97. The molecular formula is C14H20FN5O. The lowest BCUT2D eigenvalue weighted by Gasteiger charge is -2.08. The van der Waals surface area contributed by atoms with Gasteiger partial charge in [0.25, 0.3) is 0 Å². The van der Waals surface area contributed by atoms with Crippen molar-refractivity contribution in [2.45, 2.75) is 39.3 Å². The second kappa shape index (κ2) is 7.12. The van der Waals surface area contributed by atoms with Crippen molar-refractivity contribution < 1.29 is 9.13 Å². The first-order valence-corrected chi connectivity index (χ1v) is 7.01. The normalized spacial score (nSPS) is 11.2. The topological polar surface area (TPSA) is 78.8 Å². The largest absolute Gasteiger partial charge is 0.398 e. The summed E-state index contributed by atoms with van der Waals surface area (Å²) in [6, 6.07) is 4.21. The summed E-state index contributed by atoms with van der Waals surface area (Å²) in [6.07, 6.45) is 2.06. The zero-order valence-electron chi connectivity index (χ0n) is 12.3. The van der Waals surface area contributed by atoms with E-state index < -0.39 is 0 Å². The van der Waals surface area contributed by atoms with Gasteiger partial charge in [-0.15, -0.1) is 5.10 Å². The van der Waals surface area contributed by atoms with Gasteiger partial charge < -0.3 is 10.5 Å². The fraction of sp³-hybridized carbons (Fsp3) is 0.500. The van der Waals surface area contributed by atoms with Crippen molar-refractivity contribution >= 4 is 5.69 Å². The molecule has 0 amide bonds. The number of hydrogen-bond acceptors (Lipinski definition) is 5. The zero-order valence-corrected chi connectivity index (χ0v) is 12.3. The van der Waals surface area contributed by atoms with Gasteiger partial charge in [0.05, 0.1) is 6.10 Å². The van der Waals surface area contributed by atoms with Crippen LogP contribution in [-0.4, -0.2) is 32.9 Å². The smallest absolute Gasteiger partial charge is 0.184 e. The molecule has 1 aromatic heterocycles. The molecule has 2 rings (SSSR count). The Morgan fingerprint density at radius 1 is 1.33 bits per heavy atom. The summed E-state index contributed by atoms with van der Waals surface area (Å²) < 4.78 is 20.3. The van der Waals surface area contributed by atoms with E-state index >= 15 is 0 Å². The van der Waals surface area contributed by atoms with Gasteiger partial charge in [0.1, 0.15) is 5.82 Å². The summed E-state index contributed by atoms with van der Waals surface area (Å²) in [4.78, 5) is 0. The average molecular weight is 293 g/mol. The Labute approximate surface area is 123 Å². The number of hydrogen-bond donors (Lipinski definition) is 1. The molecular weight excluding hydrogens is 273 g/mol. The van der Waals surface area contributed by atoms with Crippen LogP contribution in [-0.2, 0) is 11.3 Å². The lowest BCUT2D eigenvalue weighted by molar-refractivity contribution is 0.0753. The monoisotopic (exact) mass is 293 g/mol. The molecule has 0 radical (unpaired) electrons. The van der Waals surface area contributed by atoms with Crippen molar-refractivity contribution in [1.82, 2.24) is 20.2 Å². The van der Waals surface area contributed by atoms with Gasteiger partial charge in [-0.25, -0.2) is 9.07 Å². The number of nitrogens with zero attached hydrogens (tertiary/aromatic N) is 4. The Hall–Kier alpha value is -2.02. The van der Waals surface area contributed by atoms with Crippen molar-refractivity contribution in [3.05, 3.63) is 24.0 Å². The Balaban J connectivity index is 1.98. The number of ether oxygens (including phenoxy) is 1. The second-order valence-electron chi connectivity index (χ2n) is 5.08. The molecule has 0 fully saturated rings. The maximum atomic E-state index is 13.1. The molecule has 2 aromatic rings. The Kier molecular flexibility index (Phi) is 5.21. The van der Waals surface area contributed by atoms with Gasteiger partial charge in [-0.3, -0.25) is 0 Å². The SMILES string of the molecule is CC(C)OCCCCn1nnnc1-c1ccc(F)cc1N. The molecule has 0 spiro atoms. The van der Waals surface area contributed by atoms with E-state index in [4.69, 9.17) is 10.5 Å². The summed E-state index contributed by atoms with van der Waals surface area (Å²) in [6.45, 7) is 5.40. The third-order valence-electron chi connectivity index (χ3n) is 3.00. The maximum absolute atomic E-state index is 13.1. The molecule has 2 N–H and O–H groups in total. The molecule has 7 heteroatoms. The predicted molar refractivity (Wildman–Crippen MR) is 77.9 cm³/mol. The third-order valence-corrected chi connectivity index (χ3v) is 3.00. The van der Waals surface area contributed by atoms with Gasteiger partial charge in [-0.1, -0.05) is 0 Å². The molecule has 0 saturated heterocycles. The molecule has 0 bridgehead atoms. The van der Waals surface area contributed by atoms with Crippen LogP contribution in [0.25, 0.3) is 11.4 Å². The summed E-state index contributed by atoms with van der Waals surface area (Å²) in [5.41, 5.74) is 6.79. The number of unbranched alkanes of at least 4 members (excludes halogenated alkanes) is 1. The highest BCUT2D eigenvalue weighted by Crippen LogP contribution is 2.24. The van der Waals surface area contributed by atoms with E-state index in [1.54, 1.807) is 10.7 Å². The number of halogens is 1. The number of benzene rings is 1. The number of aryl methyl sites for hydroxylation is 1. The first kappa shape index (κ1) is 15.4. The molecule has 0 saturated carbocycles. The van der Waals surface area contributed by atoms with Crippen LogP contribution in [0.5, 0.6) is 0 Å². The summed E-state index contributed by atoms with van der Waals surface area (Å²) >= 11 is 0. The van der Waals surface area contributed by atoms with Crippen LogP contribution < -0.4 is 5.73 Å². The van der Waals surface area contributed by atoms with Gasteiger partial charge in [-0.05, 0) is 55.3 Å². The summed E-state index contributed by atoms with van der Waals surface area (Å²) in [5.74, 6) is 0.179. The van der Waals surface area contributed by atoms with E-state index in [-0.39, 0.29) is 11.9 Å². The van der Waals surface area contributed by atoms with Gasteiger partial charge >= 0.3 is 0 Å². The number of nitrogen functional groups attached to an aromatic ring is 1. The van der Waals surface area contributed by atoms with Crippen LogP contribution in [0.15, 0.2) is 18.2 Å². The lowest BCUT2D eigenvalue weighted by Crippen LogP contribution is -2.07. The van der Waals surface area contributed by atoms with Gasteiger partial charge in [0.15, 0.2) is 5.82 Å². The van der Waals surface area contributed by atoms with E-state index in [1.807, 2.05) is 13.8 Å². The molecule has 114 valence electrons. The van der Waals surface area contributed by atoms with Crippen molar-refractivity contribution in [2.24, 2.45) is 0 Å². The van der Waals surface area contributed by atoms with E-state index in [0.717, 1.165) is 12.8 Å². The van der Waals surface area contributed by atoms with Crippen LogP contribution >= 0.6 is 0 Å². The van der Waals surface area contributed by atoms with Crippen molar-refractivity contribution in [2.75, 3.05) is 12.3 Å². The highest BCUT2D eigenvalue weighted by Gasteiger charge is 2.12. The molecule has 21 heavy (non-hydrogen) atoms. The maximum Gasteiger partial charge on any atom is 0.184 e. The van der Waals surface area contributed by atoms with Crippen molar-refractivity contribution in [1.29, 1.82) is 0 Å². The van der Waals surface area contributed by atoms with Crippen LogP contribution in [0.1, 0.15) is 26.7 Å². The predicted octanol–water partition coefficient (Wildman–Crippen LogP) is 2.27. The molecule has 0 aliphatic carbocycles. The first-order valence-electron chi connectivity index (χ1n) is 7.01. The fourth-order valence-electron chi connectivity index (χ4n) is 1.97. The van der Waals surface area contributed by atoms with E-state index in [0.29, 0.717) is 30.2 Å². The Bertz CT molecular complexity index is 584. The third kappa shape index (κ3) is 4.22. The highest BCUT2D eigenvalue weighted by molar-refractivity contribution is 5.71. The highest BCUT2D eigenvalue weighted by atomic mass is 19.1. The van der Waals surface area contributed by atoms with Gasteiger partial charge in [0, 0.05) is 24.4 Å². The Morgan fingerprint density at radius 3 is 2.86 bits per heavy atom. The lowest BCUT2D eigenvalue weighted by atomic mass is 10.1. The summed E-state index contributed by atoms with van der Waals surface area (Å²) in [7, 11) is 0. The molecule has 1 aromatic carbocycles. The number of rotatable bonds is 7. The minimum Gasteiger partial charge on any atom is -0.398 e. The molecule has 6 nitrogen and oxygen atoms in total. The van der Waals surface area contributed by atoms with Gasteiger partial charge in [0.2, 0.25) is 0 Å². The minimum atomic E-state index is -0.374. The number of anilines is 1. The standard InChI is InChI=1S/C14H20FN5O/c1-10(2)21-8-4-3-7-20-14(17-18-19-20)12-6-5-11(15)9-13(12)16/h5-6,9-10H,3-4,7-8,16H2,1-2H3. The first-order chi connectivity index (χ1) is 10.1. The summed E-state index contributed by atoms with van der Waals surface area (Å²) in [5, 5.41) is 11.6. The molecule has 1 heterocycles. The van der Waals surface area contributed by atoms with E-state index in [1.165, 1.54) is 12.1 Å². The minimum absolute atomic E-state index is 0.243. The average Bonchev–Trinajstić information content (AvgIpc) is 2.86. The molecule has 0 aliphatic rings. The Morgan fingerprint density at radius 2 is 2.14 bits per heavy atom. The van der Waals surface area contributed by atoms with Crippen LogP contribution in [0.3, 0.4) is 0 Å². The second-order valence-corrected chi connectivity index (χ2v) is 5.08. The quantitative estimate of drug-likeness (QED) is 0.626. The van der Waals surface area contributed by atoms with Crippen molar-refractivity contribution in [3.63, 3.8) is 0 Å². The molecule has 0 unspecified atom stereocenters. The van der Waals surface area contributed by atoms with Crippen LogP contribution in [0, 0.1) is 5.82 Å². The van der Waals surface area contributed by atoms with E-state index in [9.17, 15) is 4.39 Å². The van der Waals surface area contributed by atoms with E-state index in [2.05, 4.69) is 15.5 Å². The van der Waals surface area contributed by atoms with Crippen LogP contribution in [0.2, 0.25) is 0 Å². The molecule has 0 aliphatic heterocycles. The number of aromatic nitrogens is 4. The number of tetrazole rings is 1. The number of nitrogens with two attached hydrogens (primary N) is 1. The molecule has 0 atom stereocenters.